The predicted octanol–water partition coefficient (Wildman–Crippen LogP) is 0.413. The van der Waals surface area contributed by atoms with Gasteiger partial charge in [0.05, 0.1) is 25.9 Å². The summed E-state index contributed by atoms with van der Waals surface area (Å²) in [5.41, 5.74) is 0. The number of unbranched alkanes of at least 4 members (excludes halogenated alkanes) is 1. The maximum Gasteiger partial charge on any atom is 0.167 e. The van der Waals surface area contributed by atoms with Crippen LogP contribution in [0.25, 0.3) is 0 Å². The van der Waals surface area contributed by atoms with Gasteiger partial charge in [0.1, 0.15) is 0 Å². The molecule has 1 unspecified atom stereocenters. The van der Waals surface area contributed by atoms with E-state index in [0.717, 1.165) is 38.4 Å². The Hall–Kier alpha value is -1.09. The van der Waals surface area contributed by atoms with Crippen LogP contribution >= 0.6 is 0 Å². The Balaban J connectivity index is 2.21. The van der Waals surface area contributed by atoms with Crippen molar-refractivity contribution in [2.45, 2.75) is 32.4 Å². The quantitative estimate of drug-likeness (QED) is 0.528. The van der Waals surface area contributed by atoms with Crippen molar-refractivity contribution < 1.29 is 14.2 Å². The molecule has 1 rings (SSSR count). The molecule has 1 aromatic heterocycles. The van der Waals surface area contributed by atoms with Crippen LogP contribution in [0.5, 0.6) is 0 Å². The Kier molecular flexibility index (Phi) is 9.88. The van der Waals surface area contributed by atoms with E-state index in [1.54, 1.807) is 14.2 Å². The van der Waals surface area contributed by atoms with Crippen LogP contribution < -0.4 is 5.32 Å². The molecule has 8 heteroatoms. The van der Waals surface area contributed by atoms with E-state index in [-0.39, 0.29) is 6.04 Å². The summed E-state index contributed by atoms with van der Waals surface area (Å²) in [5.74, 6) is 0.853. The molecule has 0 fully saturated rings. The number of nitrogens with zero attached hydrogens (tertiary/aromatic N) is 4. The van der Waals surface area contributed by atoms with Gasteiger partial charge in [0.15, 0.2) is 5.82 Å². The van der Waals surface area contributed by atoms with Gasteiger partial charge in [-0.15, -0.1) is 5.10 Å². The maximum atomic E-state index is 5.42. The number of tetrazole rings is 1. The van der Waals surface area contributed by atoms with E-state index in [1.165, 1.54) is 0 Å². The molecule has 0 aliphatic rings. The zero-order valence-corrected chi connectivity index (χ0v) is 13.2. The van der Waals surface area contributed by atoms with Crippen molar-refractivity contribution in [3.05, 3.63) is 5.82 Å². The van der Waals surface area contributed by atoms with Crippen molar-refractivity contribution in [2.24, 2.45) is 0 Å². The Bertz CT molecular complexity index is 361. The van der Waals surface area contributed by atoms with Gasteiger partial charge < -0.3 is 19.5 Å². The first-order valence-corrected chi connectivity index (χ1v) is 7.34. The monoisotopic (exact) mass is 301 g/mol. The first-order valence-electron chi connectivity index (χ1n) is 7.34. The normalized spacial score (nSPS) is 12.7. The Morgan fingerprint density at radius 3 is 2.67 bits per heavy atom. The third-order valence-electron chi connectivity index (χ3n) is 3.04. The van der Waals surface area contributed by atoms with Gasteiger partial charge in [-0.2, -0.15) is 0 Å². The Labute approximate surface area is 126 Å². The molecule has 0 saturated carbocycles. The molecule has 122 valence electrons. The number of rotatable bonds is 13. The number of ether oxygens (including phenoxy) is 3. The van der Waals surface area contributed by atoms with Crippen LogP contribution in [-0.2, 0) is 20.8 Å². The van der Waals surface area contributed by atoms with Crippen LogP contribution in [0.15, 0.2) is 0 Å². The molecule has 1 atom stereocenters. The largest absolute Gasteiger partial charge is 0.383 e. The molecule has 0 amide bonds. The van der Waals surface area contributed by atoms with E-state index in [0.29, 0.717) is 19.8 Å². The van der Waals surface area contributed by atoms with Gasteiger partial charge in [-0.25, -0.2) is 4.68 Å². The number of hydrogen-bond acceptors (Lipinski definition) is 7. The summed E-state index contributed by atoms with van der Waals surface area (Å²) in [6.45, 7) is 6.32. The zero-order valence-electron chi connectivity index (χ0n) is 13.2. The third-order valence-corrected chi connectivity index (χ3v) is 3.04. The number of methoxy groups -OCH3 is 2. The minimum Gasteiger partial charge on any atom is -0.383 e. The van der Waals surface area contributed by atoms with Gasteiger partial charge >= 0.3 is 0 Å². The summed E-state index contributed by atoms with van der Waals surface area (Å²) < 4.78 is 17.2. The lowest BCUT2D eigenvalue weighted by Crippen LogP contribution is -2.25. The first kappa shape index (κ1) is 18.0. The SMILES string of the molecule is COCCNC(C)c1nnnn1CCCCOCCOC. The molecule has 0 aliphatic heterocycles. The first-order chi connectivity index (χ1) is 10.3. The van der Waals surface area contributed by atoms with Crippen molar-refractivity contribution >= 4 is 0 Å². The van der Waals surface area contributed by atoms with Crippen molar-refractivity contribution in [3.63, 3.8) is 0 Å². The molecular formula is C13H27N5O3. The average Bonchev–Trinajstić information content (AvgIpc) is 2.95. The van der Waals surface area contributed by atoms with E-state index in [1.807, 2.05) is 11.6 Å². The summed E-state index contributed by atoms with van der Waals surface area (Å²) >= 11 is 0. The molecule has 0 aromatic carbocycles. The maximum absolute atomic E-state index is 5.42. The van der Waals surface area contributed by atoms with Crippen LogP contribution in [0.4, 0.5) is 0 Å². The highest BCUT2D eigenvalue weighted by Crippen LogP contribution is 2.08. The second-order valence-electron chi connectivity index (χ2n) is 4.74. The van der Waals surface area contributed by atoms with E-state index in [2.05, 4.69) is 20.8 Å². The van der Waals surface area contributed by atoms with Crippen LogP contribution in [0.3, 0.4) is 0 Å². The summed E-state index contributed by atoms with van der Waals surface area (Å²) in [4.78, 5) is 0. The molecule has 8 nitrogen and oxygen atoms in total. The minimum atomic E-state index is 0.105. The Morgan fingerprint density at radius 2 is 1.90 bits per heavy atom. The lowest BCUT2D eigenvalue weighted by Gasteiger charge is -2.13. The molecule has 0 bridgehead atoms. The van der Waals surface area contributed by atoms with Crippen molar-refractivity contribution in [1.29, 1.82) is 0 Å². The molecule has 0 saturated heterocycles. The summed E-state index contributed by atoms with van der Waals surface area (Å²) in [7, 11) is 3.36. The predicted molar refractivity (Wildman–Crippen MR) is 78.0 cm³/mol. The molecule has 0 radical (unpaired) electrons. The van der Waals surface area contributed by atoms with Crippen molar-refractivity contribution in [3.8, 4) is 0 Å². The second-order valence-corrected chi connectivity index (χ2v) is 4.74. The van der Waals surface area contributed by atoms with E-state index >= 15 is 0 Å². The lowest BCUT2D eigenvalue weighted by molar-refractivity contribution is 0.0683. The summed E-state index contributed by atoms with van der Waals surface area (Å²) in [6.07, 6.45) is 1.96. The fourth-order valence-corrected chi connectivity index (χ4v) is 1.86. The molecule has 21 heavy (non-hydrogen) atoms. The van der Waals surface area contributed by atoms with Gasteiger partial charge in [-0.05, 0) is 30.2 Å². The molecule has 1 N–H and O–H groups in total. The lowest BCUT2D eigenvalue weighted by atomic mass is 10.3. The number of aromatic nitrogens is 4. The molecule has 1 heterocycles. The third kappa shape index (κ3) is 7.47. The topological polar surface area (TPSA) is 83.3 Å². The van der Waals surface area contributed by atoms with Gasteiger partial charge in [0.2, 0.25) is 0 Å². The minimum absolute atomic E-state index is 0.105. The van der Waals surface area contributed by atoms with Gasteiger partial charge in [-0.1, -0.05) is 0 Å². The average molecular weight is 301 g/mol. The van der Waals surface area contributed by atoms with Crippen molar-refractivity contribution in [2.75, 3.05) is 47.2 Å². The second kappa shape index (κ2) is 11.6. The van der Waals surface area contributed by atoms with Gasteiger partial charge in [-0.3, -0.25) is 0 Å². The van der Waals surface area contributed by atoms with Crippen LogP contribution in [0.2, 0.25) is 0 Å². The molecule has 1 aromatic rings. The van der Waals surface area contributed by atoms with Crippen molar-refractivity contribution in [1.82, 2.24) is 25.5 Å². The van der Waals surface area contributed by atoms with E-state index in [4.69, 9.17) is 14.2 Å². The molecular weight excluding hydrogens is 274 g/mol. The Morgan fingerprint density at radius 1 is 1.10 bits per heavy atom. The van der Waals surface area contributed by atoms with Crippen LogP contribution in [0, 0.1) is 0 Å². The summed E-state index contributed by atoms with van der Waals surface area (Å²) in [6, 6.07) is 0.105. The summed E-state index contributed by atoms with van der Waals surface area (Å²) in [5, 5.41) is 15.2. The van der Waals surface area contributed by atoms with Crippen LogP contribution in [0.1, 0.15) is 31.6 Å². The van der Waals surface area contributed by atoms with Gasteiger partial charge in [0, 0.05) is 33.9 Å². The smallest absolute Gasteiger partial charge is 0.167 e. The highest BCUT2D eigenvalue weighted by molar-refractivity contribution is 4.89. The number of nitrogens with one attached hydrogen (secondary N) is 1. The fourth-order valence-electron chi connectivity index (χ4n) is 1.86. The zero-order chi connectivity index (χ0) is 15.3. The fraction of sp³-hybridized carbons (Fsp3) is 0.923. The number of hydrogen-bond donors (Lipinski definition) is 1. The highest BCUT2D eigenvalue weighted by atomic mass is 16.5. The van der Waals surface area contributed by atoms with E-state index < -0.39 is 0 Å². The highest BCUT2D eigenvalue weighted by Gasteiger charge is 2.13. The number of aryl methyl sites for hydroxylation is 1. The van der Waals surface area contributed by atoms with Gasteiger partial charge in [0.25, 0.3) is 0 Å². The standard InChI is InChI=1S/C13H27N5O3/c1-12(14-6-9-19-2)13-15-16-17-18(13)7-4-5-8-21-11-10-20-3/h12,14H,4-11H2,1-3H3. The van der Waals surface area contributed by atoms with E-state index in [9.17, 15) is 0 Å². The van der Waals surface area contributed by atoms with Crippen LogP contribution in [-0.4, -0.2) is 67.4 Å². The molecule has 0 aliphatic carbocycles. The molecule has 0 spiro atoms.